The van der Waals surface area contributed by atoms with E-state index in [-0.39, 0.29) is 5.60 Å². The number of hydrogen-bond acceptors (Lipinski definition) is 4. The number of ether oxygens (including phenoxy) is 2. The molecule has 102 valence electrons. The summed E-state index contributed by atoms with van der Waals surface area (Å²) >= 11 is 6.01. The first kappa shape index (κ1) is 14.0. The zero-order chi connectivity index (χ0) is 13.9. The minimum Gasteiger partial charge on any atom is -0.476 e. The third-order valence-electron chi connectivity index (χ3n) is 3.10. The van der Waals surface area contributed by atoms with Gasteiger partial charge in [-0.1, -0.05) is 29.8 Å². The zero-order valence-electron chi connectivity index (χ0n) is 11.3. The highest BCUT2D eigenvalue weighted by atomic mass is 35.5. The normalized spacial score (nSPS) is 11.8. The molecule has 1 aromatic heterocycles. The predicted molar refractivity (Wildman–Crippen MR) is 75.7 cm³/mol. The van der Waals surface area contributed by atoms with Gasteiger partial charge in [0.1, 0.15) is 0 Å². The van der Waals surface area contributed by atoms with Gasteiger partial charge < -0.3 is 9.47 Å². The van der Waals surface area contributed by atoms with Crippen molar-refractivity contribution in [3.8, 4) is 5.88 Å². The molecule has 0 radical (unpaired) electrons. The van der Waals surface area contributed by atoms with Crippen LogP contribution in [0.4, 0.5) is 0 Å². The van der Waals surface area contributed by atoms with Gasteiger partial charge in [-0.25, -0.2) is 0 Å². The molecule has 1 heterocycles. The molecule has 2 rings (SSSR count). The molecule has 0 amide bonds. The van der Waals surface area contributed by atoms with Crippen molar-refractivity contribution in [3.63, 3.8) is 0 Å². The fourth-order valence-corrected chi connectivity index (χ4v) is 1.85. The van der Waals surface area contributed by atoms with Crippen LogP contribution in [-0.4, -0.2) is 29.5 Å². The summed E-state index contributed by atoms with van der Waals surface area (Å²) in [6.07, 6.45) is 0.766. The van der Waals surface area contributed by atoms with E-state index in [0.29, 0.717) is 17.6 Å². The fraction of sp³-hybridized carbons (Fsp3) is 0.429. The lowest BCUT2D eigenvalue weighted by Crippen LogP contribution is -2.25. The summed E-state index contributed by atoms with van der Waals surface area (Å²) in [5.74, 6) is 0.506. The summed E-state index contributed by atoms with van der Waals surface area (Å²) in [6, 6.07) is 7.66. The van der Waals surface area contributed by atoms with Crippen LogP contribution in [0.15, 0.2) is 24.3 Å². The summed E-state index contributed by atoms with van der Waals surface area (Å²) in [4.78, 5) is 0. The standard InChI is InChI=1S/C14H17ClN2O2/c1-14(2,18-3)8-9-19-13-11-7-5-4-6-10(11)12(15)16-17-13/h4-7H,8-9H2,1-3H3. The smallest absolute Gasteiger partial charge is 0.241 e. The van der Waals surface area contributed by atoms with E-state index in [0.717, 1.165) is 17.2 Å². The molecule has 0 saturated carbocycles. The monoisotopic (exact) mass is 280 g/mol. The van der Waals surface area contributed by atoms with Gasteiger partial charge in [0.2, 0.25) is 5.88 Å². The summed E-state index contributed by atoms with van der Waals surface area (Å²) in [6.45, 7) is 4.55. The first-order chi connectivity index (χ1) is 9.03. The Morgan fingerprint density at radius 3 is 2.53 bits per heavy atom. The second-order valence-corrected chi connectivity index (χ2v) is 5.26. The van der Waals surface area contributed by atoms with Crippen molar-refractivity contribution >= 4 is 22.4 Å². The van der Waals surface area contributed by atoms with Gasteiger partial charge in [-0.05, 0) is 19.9 Å². The topological polar surface area (TPSA) is 44.2 Å². The van der Waals surface area contributed by atoms with Crippen LogP contribution in [0.3, 0.4) is 0 Å². The second-order valence-electron chi connectivity index (χ2n) is 4.90. The average Bonchev–Trinajstić information content (AvgIpc) is 2.42. The van der Waals surface area contributed by atoms with Crippen molar-refractivity contribution in [3.05, 3.63) is 29.4 Å². The maximum Gasteiger partial charge on any atom is 0.241 e. The third-order valence-corrected chi connectivity index (χ3v) is 3.38. The first-order valence-corrected chi connectivity index (χ1v) is 6.50. The molecule has 0 aliphatic rings. The van der Waals surface area contributed by atoms with E-state index in [1.54, 1.807) is 7.11 Å². The van der Waals surface area contributed by atoms with Crippen LogP contribution in [0.2, 0.25) is 5.15 Å². The van der Waals surface area contributed by atoms with Crippen molar-refractivity contribution < 1.29 is 9.47 Å². The molecular weight excluding hydrogens is 264 g/mol. The van der Waals surface area contributed by atoms with Crippen molar-refractivity contribution in [2.45, 2.75) is 25.9 Å². The van der Waals surface area contributed by atoms with Crippen LogP contribution in [0.5, 0.6) is 5.88 Å². The number of halogens is 1. The van der Waals surface area contributed by atoms with E-state index in [1.807, 2.05) is 38.1 Å². The molecule has 0 saturated heterocycles. The molecule has 4 nitrogen and oxygen atoms in total. The Labute approximate surface area is 117 Å². The number of methoxy groups -OCH3 is 1. The van der Waals surface area contributed by atoms with Gasteiger partial charge in [-0.3, -0.25) is 0 Å². The summed E-state index contributed by atoms with van der Waals surface area (Å²) in [7, 11) is 1.69. The van der Waals surface area contributed by atoms with E-state index in [2.05, 4.69) is 10.2 Å². The Hall–Kier alpha value is -1.39. The molecule has 19 heavy (non-hydrogen) atoms. The lowest BCUT2D eigenvalue weighted by atomic mass is 10.1. The van der Waals surface area contributed by atoms with Crippen molar-refractivity contribution in [2.24, 2.45) is 0 Å². The lowest BCUT2D eigenvalue weighted by molar-refractivity contribution is 0.00515. The molecule has 0 atom stereocenters. The molecule has 0 fully saturated rings. The van der Waals surface area contributed by atoms with Crippen molar-refractivity contribution in [2.75, 3.05) is 13.7 Å². The molecule has 1 aromatic carbocycles. The number of aromatic nitrogens is 2. The van der Waals surface area contributed by atoms with Crippen LogP contribution < -0.4 is 4.74 Å². The highest BCUT2D eigenvalue weighted by molar-refractivity contribution is 6.34. The maximum absolute atomic E-state index is 6.01. The molecule has 5 heteroatoms. The van der Waals surface area contributed by atoms with E-state index in [1.165, 1.54) is 0 Å². The number of rotatable bonds is 5. The van der Waals surface area contributed by atoms with Gasteiger partial charge >= 0.3 is 0 Å². The quantitative estimate of drug-likeness (QED) is 0.841. The SMILES string of the molecule is COC(C)(C)CCOc1nnc(Cl)c2ccccc12. The molecular formula is C14H17ClN2O2. The molecule has 2 aromatic rings. The lowest BCUT2D eigenvalue weighted by Gasteiger charge is -2.22. The Bertz CT molecular complexity index is 572. The van der Waals surface area contributed by atoms with Crippen molar-refractivity contribution in [1.82, 2.24) is 10.2 Å². The first-order valence-electron chi connectivity index (χ1n) is 6.12. The highest BCUT2D eigenvalue weighted by Crippen LogP contribution is 2.27. The Morgan fingerprint density at radius 2 is 1.84 bits per heavy atom. The second kappa shape index (κ2) is 5.72. The number of benzene rings is 1. The third kappa shape index (κ3) is 3.33. The highest BCUT2D eigenvalue weighted by Gasteiger charge is 2.17. The summed E-state index contributed by atoms with van der Waals surface area (Å²) in [5.41, 5.74) is -0.213. The Kier molecular flexibility index (Phi) is 4.22. The molecule has 0 aliphatic heterocycles. The van der Waals surface area contributed by atoms with Gasteiger partial charge in [0, 0.05) is 24.3 Å². The van der Waals surface area contributed by atoms with Crippen LogP contribution in [0, 0.1) is 0 Å². The fourth-order valence-electron chi connectivity index (χ4n) is 1.65. The van der Waals surface area contributed by atoms with Gasteiger partial charge in [-0.2, -0.15) is 0 Å². The van der Waals surface area contributed by atoms with Crippen LogP contribution in [0.1, 0.15) is 20.3 Å². The number of fused-ring (bicyclic) bond motifs is 1. The van der Waals surface area contributed by atoms with Crippen LogP contribution in [-0.2, 0) is 4.74 Å². The van der Waals surface area contributed by atoms with Gasteiger partial charge in [0.25, 0.3) is 0 Å². The minimum atomic E-state index is -0.213. The summed E-state index contributed by atoms with van der Waals surface area (Å²) in [5, 5.41) is 10.0. The molecule has 0 N–H and O–H groups in total. The zero-order valence-corrected chi connectivity index (χ0v) is 12.1. The largest absolute Gasteiger partial charge is 0.476 e. The predicted octanol–water partition coefficient (Wildman–Crippen LogP) is 3.48. The Balaban J connectivity index is 2.16. The maximum atomic E-state index is 6.01. The van der Waals surface area contributed by atoms with E-state index in [9.17, 15) is 0 Å². The average molecular weight is 281 g/mol. The summed E-state index contributed by atoms with van der Waals surface area (Å²) < 4.78 is 11.0. The van der Waals surface area contributed by atoms with Crippen molar-refractivity contribution in [1.29, 1.82) is 0 Å². The number of hydrogen-bond donors (Lipinski definition) is 0. The van der Waals surface area contributed by atoms with Crippen LogP contribution in [0.25, 0.3) is 10.8 Å². The molecule has 0 aliphatic carbocycles. The molecule has 0 bridgehead atoms. The van der Waals surface area contributed by atoms with Gasteiger partial charge in [0.05, 0.1) is 12.2 Å². The molecule has 0 spiro atoms. The van der Waals surface area contributed by atoms with E-state index >= 15 is 0 Å². The number of nitrogens with zero attached hydrogens (tertiary/aromatic N) is 2. The van der Waals surface area contributed by atoms with Crippen LogP contribution >= 0.6 is 11.6 Å². The minimum absolute atomic E-state index is 0.213. The Morgan fingerprint density at radius 1 is 1.16 bits per heavy atom. The van der Waals surface area contributed by atoms with Gasteiger partial charge in [0.15, 0.2) is 5.15 Å². The van der Waals surface area contributed by atoms with E-state index in [4.69, 9.17) is 21.1 Å². The van der Waals surface area contributed by atoms with E-state index < -0.39 is 0 Å². The molecule has 0 unspecified atom stereocenters. The van der Waals surface area contributed by atoms with Gasteiger partial charge in [-0.15, -0.1) is 10.2 Å².